The summed E-state index contributed by atoms with van der Waals surface area (Å²) in [6, 6.07) is 0. The summed E-state index contributed by atoms with van der Waals surface area (Å²) >= 11 is -3.69. The molecule has 0 aliphatic rings. The molecule has 0 aromatic carbocycles. The van der Waals surface area contributed by atoms with E-state index in [1.165, 1.54) is 0 Å². The van der Waals surface area contributed by atoms with E-state index in [2.05, 4.69) is 0 Å². The zero-order valence-electron chi connectivity index (χ0n) is 2.42. The Morgan fingerprint density at radius 1 is 1.40 bits per heavy atom. The molecule has 0 aromatic rings. The summed E-state index contributed by atoms with van der Waals surface area (Å²) in [7, 11) is 0. The van der Waals surface area contributed by atoms with Gasteiger partial charge in [-0.1, -0.05) is 0 Å². The van der Waals surface area contributed by atoms with Gasteiger partial charge >= 0.3 is 65.7 Å². The molecule has 1 N–H and O–H groups in total. The zero-order valence-corrected chi connectivity index (χ0v) is 6.50. The molecule has 0 atom stereocenters. The molecular formula is HAsCaO3. The molecule has 0 fully saturated rings. The molecule has 0 bridgehead atoms. The summed E-state index contributed by atoms with van der Waals surface area (Å²) in [5.41, 5.74) is 0. The van der Waals surface area contributed by atoms with Crippen LogP contribution in [-0.4, -0.2) is 57.5 Å². The van der Waals surface area contributed by atoms with Crippen molar-refractivity contribution in [2.45, 2.75) is 0 Å². The second kappa shape index (κ2) is 5.70. The topological polar surface area (TPSA) is 66.3 Å². The van der Waals surface area contributed by atoms with Gasteiger partial charge in [-0.15, -0.1) is 0 Å². The first kappa shape index (κ1) is 9.85. The molecule has 0 saturated carbocycles. The zero-order chi connectivity index (χ0) is 3.58. The van der Waals surface area contributed by atoms with Crippen molar-refractivity contribution in [2.75, 3.05) is 0 Å². The molecule has 0 radical (unpaired) electrons. The molecule has 3 nitrogen and oxygen atoms in total. The minimum absolute atomic E-state index is 0. The normalized spacial score (nSPS) is 7.20. The summed E-state index contributed by atoms with van der Waals surface area (Å²) in [4.78, 5) is 0. The molecule has 0 rings (SSSR count). The van der Waals surface area contributed by atoms with Crippen LogP contribution in [0, 0.1) is 0 Å². The van der Waals surface area contributed by atoms with Gasteiger partial charge in [0, 0.05) is 0 Å². The molecule has 0 spiro atoms. The van der Waals surface area contributed by atoms with E-state index in [9.17, 15) is 0 Å². The summed E-state index contributed by atoms with van der Waals surface area (Å²) in [5.74, 6) is 0. The van der Waals surface area contributed by atoms with Crippen molar-refractivity contribution in [1.29, 1.82) is 0 Å². The number of hydrogen-bond donors (Lipinski definition) is 1. The summed E-state index contributed by atoms with van der Waals surface area (Å²) < 4.78 is 24.4. The Balaban J connectivity index is 0. The number of rotatable bonds is 0. The first-order valence-electron chi connectivity index (χ1n) is 0.565. The third-order valence-electron chi connectivity index (χ3n) is 0. The molecule has 0 aliphatic heterocycles. The summed E-state index contributed by atoms with van der Waals surface area (Å²) in [6.07, 6.45) is 0. The Morgan fingerprint density at radius 2 is 1.40 bits per heavy atom. The molecule has 0 aliphatic carbocycles. The van der Waals surface area contributed by atoms with Gasteiger partial charge in [-0.25, -0.2) is 0 Å². The van der Waals surface area contributed by atoms with Gasteiger partial charge in [0.15, 0.2) is 0 Å². The molecule has 5 heteroatoms. The predicted molar refractivity (Wildman–Crippen MR) is 13.7 cm³/mol. The first-order valence-corrected chi connectivity index (χ1v) is 2.94. The Morgan fingerprint density at radius 3 is 1.40 bits per heavy atom. The first-order chi connectivity index (χ1) is 1.73. The second-order valence-corrected chi connectivity index (χ2v) is 1.24. The van der Waals surface area contributed by atoms with E-state index < -0.39 is 15.7 Å². The van der Waals surface area contributed by atoms with E-state index in [-0.39, 0.29) is 37.7 Å². The van der Waals surface area contributed by atoms with E-state index in [1.54, 1.807) is 0 Å². The Hall–Kier alpha value is 1.70. The van der Waals surface area contributed by atoms with Gasteiger partial charge in [-0.2, -0.15) is 0 Å². The van der Waals surface area contributed by atoms with Crippen LogP contribution in [0.4, 0.5) is 0 Å². The van der Waals surface area contributed by atoms with Crippen molar-refractivity contribution in [3.05, 3.63) is 0 Å². The van der Waals surface area contributed by atoms with Crippen molar-refractivity contribution in [2.24, 2.45) is 0 Å². The van der Waals surface area contributed by atoms with Gasteiger partial charge < -0.3 is 0 Å². The van der Waals surface area contributed by atoms with E-state index in [0.29, 0.717) is 0 Å². The van der Waals surface area contributed by atoms with Gasteiger partial charge in [0.1, 0.15) is 0 Å². The SMILES string of the molecule is [Ca+2].[O-][As]([O-])O. The fourth-order valence-corrected chi connectivity index (χ4v) is 0. The van der Waals surface area contributed by atoms with Crippen molar-refractivity contribution in [3.63, 3.8) is 0 Å². The third-order valence-corrected chi connectivity index (χ3v) is 0. The summed E-state index contributed by atoms with van der Waals surface area (Å²) in [5, 5.41) is 0. The second-order valence-electron chi connectivity index (χ2n) is 0.238. The minimum atomic E-state index is -3.69. The molecule has 0 aromatic heterocycles. The van der Waals surface area contributed by atoms with Crippen molar-refractivity contribution in [1.82, 2.24) is 0 Å². The maximum atomic E-state index is 8.67. The monoisotopic (exact) mass is 164 g/mol. The van der Waals surface area contributed by atoms with Gasteiger partial charge in [0.2, 0.25) is 0 Å². The van der Waals surface area contributed by atoms with E-state index in [1.807, 2.05) is 0 Å². The maximum absolute atomic E-state index is 8.67. The molecule has 0 heterocycles. The Labute approximate surface area is 64.9 Å². The molecule has 5 heavy (non-hydrogen) atoms. The van der Waals surface area contributed by atoms with Crippen LogP contribution in [0.25, 0.3) is 0 Å². The molecule has 0 amide bonds. The van der Waals surface area contributed by atoms with Gasteiger partial charge in [0.25, 0.3) is 0 Å². The quantitative estimate of drug-likeness (QED) is 0.375. The van der Waals surface area contributed by atoms with Crippen LogP contribution in [0.15, 0.2) is 0 Å². The fraction of sp³-hybridized carbons (Fsp3) is 0. The van der Waals surface area contributed by atoms with Crippen LogP contribution >= 0.6 is 0 Å². The Kier molecular flexibility index (Phi) is 11.2. The van der Waals surface area contributed by atoms with E-state index in [4.69, 9.17) is 12.3 Å². The van der Waals surface area contributed by atoms with Crippen molar-refractivity contribution >= 4 is 53.4 Å². The van der Waals surface area contributed by atoms with Crippen LogP contribution in [0.5, 0.6) is 0 Å². The molecular weight excluding hydrogens is 163 g/mol. The van der Waals surface area contributed by atoms with E-state index >= 15 is 0 Å². The standard InChI is InChI=1S/AsHO3.Ca/c2-1(3)4;/h2H;/q-2;+2. The Bertz CT molecular complexity index is 11.6. The average molecular weight is 164 g/mol. The van der Waals surface area contributed by atoms with Gasteiger partial charge in [0.05, 0.1) is 0 Å². The summed E-state index contributed by atoms with van der Waals surface area (Å²) in [6.45, 7) is 0. The van der Waals surface area contributed by atoms with Crippen LogP contribution in [0.3, 0.4) is 0 Å². The average Bonchev–Trinajstić information content (AvgIpc) is 0.811. The van der Waals surface area contributed by atoms with Crippen LogP contribution in [0.1, 0.15) is 0 Å². The van der Waals surface area contributed by atoms with Crippen molar-refractivity contribution in [3.8, 4) is 0 Å². The van der Waals surface area contributed by atoms with E-state index in [0.717, 1.165) is 0 Å². The molecule has 0 saturated heterocycles. The van der Waals surface area contributed by atoms with Gasteiger partial charge in [-0.3, -0.25) is 0 Å². The molecule has 0 unspecified atom stereocenters. The predicted octanol–water partition coefficient (Wildman–Crippen LogP) is -3.70. The van der Waals surface area contributed by atoms with Gasteiger partial charge in [-0.05, 0) is 0 Å². The van der Waals surface area contributed by atoms with Crippen LogP contribution in [-0.2, 0) is 0 Å². The van der Waals surface area contributed by atoms with Crippen LogP contribution < -0.4 is 8.19 Å². The fourth-order valence-electron chi connectivity index (χ4n) is 0. The third kappa shape index (κ3) is 27.0. The number of hydrogen-bond acceptors (Lipinski definition) is 3. The van der Waals surface area contributed by atoms with Crippen LogP contribution in [0.2, 0.25) is 0 Å². The molecule has 26 valence electrons. The van der Waals surface area contributed by atoms with Crippen molar-refractivity contribution < 1.29 is 12.3 Å².